The molecule has 0 radical (unpaired) electrons. The molecular weight excluding hydrogens is 266 g/mol. The van der Waals surface area contributed by atoms with Crippen LogP contribution in [0.1, 0.15) is 18.9 Å². The molecule has 0 saturated heterocycles. The predicted octanol–water partition coefficient (Wildman–Crippen LogP) is 2.43. The third-order valence-corrected chi connectivity index (χ3v) is 2.82. The number of rotatable bonds is 8. The summed E-state index contributed by atoms with van der Waals surface area (Å²) in [6.07, 6.45) is 1.07. The standard InChI is InChI=1S/C14H20ClNO3/c1-3-19-8-4-7-16-14(17)10-11-9-12(15)5-6-13(11)18-2/h5-6,9H,3-4,7-8,10H2,1-2H3,(H,16,17). The van der Waals surface area contributed by atoms with Gasteiger partial charge >= 0.3 is 0 Å². The van der Waals surface area contributed by atoms with Gasteiger partial charge in [0.25, 0.3) is 0 Å². The maximum absolute atomic E-state index is 11.8. The minimum atomic E-state index is -0.0444. The zero-order valence-electron chi connectivity index (χ0n) is 11.4. The van der Waals surface area contributed by atoms with E-state index in [4.69, 9.17) is 21.1 Å². The number of amides is 1. The first-order valence-corrected chi connectivity index (χ1v) is 6.72. The average molecular weight is 286 g/mol. The minimum Gasteiger partial charge on any atom is -0.496 e. The number of hydrogen-bond acceptors (Lipinski definition) is 3. The molecule has 0 heterocycles. The predicted molar refractivity (Wildman–Crippen MR) is 75.8 cm³/mol. The van der Waals surface area contributed by atoms with Crippen molar-refractivity contribution in [3.63, 3.8) is 0 Å². The number of hydrogen-bond donors (Lipinski definition) is 1. The van der Waals surface area contributed by atoms with Crippen LogP contribution < -0.4 is 10.1 Å². The van der Waals surface area contributed by atoms with Crippen LogP contribution in [0.15, 0.2) is 18.2 Å². The molecular formula is C14H20ClNO3. The molecule has 1 aromatic rings. The molecule has 0 spiro atoms. The van der Waals surface area contributed by atoms with Crippen molar-refractivity contribution in [2.45, 2.75) is 19.8 Å². The van der Waals surface area contributed by atoms with Gasteiger partial charge in [0.1, 0.15) is 5.75 Å². The van der Waals surface area contributed by atoms with Crippen molar-refractivity contribution in [2.75, 3.05) is 26.9 Å². The first-order valence-electron chi connectivity index (χ1n) is 6.34. The number of halogens is 1. The Morgan fingerprint density at radius 3 is 2.89 bits per heavy atom. The van der Waals surface area contributed by atoms with Crippen molar-refractivity contribution in [1.29, 1.82) is 0 Å². The largest absolute Gasteiger partial charge is 0.496 e. The Hall–Kier alpha value is -1.26. The molecule has 0 bridgehead atoms. The van der Waals surface area contributed by atoms with Crippen LogP contribution in [0.5, 0.6) is 5.75 Å². The van der Waals surface area contributed by atoms with Crippen LogP contribution >= 0.6 is 11.6 Å². The van der Waals surface area contributed by atoms with Gasteiger partial charge in [-0.2, -0.15) is 0 Å². The van der Waals surface area contributed by atoms with Gasteiger partial charge in [-0.15, -0.1) is 0 Å². The van der Waals surface area contributed by atoms with Gasteiger partial charge in [0.15, 0.2) is 0 Å². The van der Waals surface area contributed by atoms with E-state index in [0.717, 1.165) is 12.0 Å². The lowest BCUT2D eigenvalue weighted by molar-refractivity contribution is -0.120. The smallest absolute Gasteiger partial charge is 0.224 e. The Morgan fingerprint density at radius 1 is 1.42 bits per heavy atom. The van der Waals surface area contributed by atoms with Crippen LogP contribution in [0.2, 0.25) is 5.02 Å². The number of methoxy groups -OCH3 is 1. The Balaban J connectivity index is 2.41. The van der Waals surface area contributed by atoms with Crippen LogP contribution in [0, 0.1) is 0 Å². The molecule has 0 unspecified atom stereocenters. The Bertz CT molecular complexity index is 410. The van der Waals surface area contributed by atoms with Crippen molar-refractivity contribution < 1.29 is 14.3 Å². The lowest BCUT2D eigenvalue weighted by Crippen LogP contribution is -2.27. The molecule has 0 aliphatic heterocycles. The summed E-state index contributed by atoms with van der Waals surface area (Å²) < 4.78 is 10.4. The van der Waals surface area contributed by atoms with E-state index in [2.05, 4.69) is 5.32 Å². The Morgan fingerprint density at radius 2 is 2.21 bits per heavy atom. The number of ether oxygens (including phenoxy) is 2. The van der Waals surface area contributed by atoms with Gasteiger partial charge in [0, 0.05) is 30.3 Å². The number of carbonyl (C=O) groups excluding carboxylic acids is 1. The summed E-state index contributed by atoms with van der Waals surface area (Å²) in [5.41, 5.74) is 0.789. The number of carbonyl (C=O) groups is 1. The average Bonchev–Trinajstić information content (AvgIpc) is 2.39. The fraction of sp³-hybridized carbons (Fsp3) is 0.500. The molecule has 0 fully saturated rings. The summed E-state index contributed by atoms with van der Waals surface area (Å²) in [4.78, 5) is 11.8. The molecule has 1 rings (SSSR count). The van der Waals surface area contributed by atoms with Crippen LogP contribution in [0.3, 0.4) is 0 Å². The monoisotopic (exact) mass is 285 g/mol. The summed E-state index contributed by atoms with van der Waals surface area (Å²) in [6, 6.07) is 5.25. The number of benzene rings is 1. The third kappa shape index (κ3) is 5.94. The van der Waals surface area contributed by atoms with E-state index in [1.165, 1.54) is 0 Å². The molecule has 4 nitrogen and oxygen atoms in total. The molecule has 0 saturated carbocycles. The van der Waals surface area contributed by atoms with E-state index < -0.39 is 0 Å². The molecule has 0 aliphatic rings. The molecule has 0 atom stereocenters. The zero-order chi connectivity index (χ0) is 14.1. The maximum Gasteiger partial charge on any atom is 0.224 e. The van der Waals surface area contributed by atoms with Gasteiger partial charge in [0.05, 0.1) is 13.5 Å². The van der Waals surface area contributed by atoms with Crippen molar-refractivity contribution in [3.05, 3.63) is 28.8 Å². The van der Waals surface area contributed by atoms with Crippen LogP contribution in [-0.2, 0) is 16.0 Å². The summed E-state index contributed by atoms with van der Waals surface area (Å²) in [6.45, 7) is 3.93. The van der Waals surface area contributed by atoms with E-state index in [9.17, 15) is 4.79 Å². The minimum absolute atomic E-state index is 0.0444. The summed E-state index contributed by atoms with van der Waals surface area (Å²) in [7, 11) is 1.58. The SMILES string of the molecule is CCOCCCNC(=O)Cc1cc(Cl)ccc1OC. The fourth-order valence-electron chi connectivity index (χ4n) is 1.67. The number of nitrogens with one attached hydrogen (secondary N) is 1. The van der Waals surface area contributed by atoms with Gasteiger partial charge in [0.2, 0.25) is 5.91 Å². The Kier molecular flexibility index (Phi) is 7.30. The van der Waals surface area contributed by atoms with Crippen molar-refractivity contribution in [1.82, 2.24) is 5.32 Å². The summed E-state index contributed by atoms with van der Waals surface area (Å²) >= 11 is 5.92. The van der Waals surface area contributed by atoms with Crippen molar-refractivity contribution >= 4 is 17.5 Å². The maximum atomic E-state index is 11.8. The van der Waals surface area contributed by atoms with Gasteiger partial charge in [-0.25, -0.2) is 0 Å². The van der Waals surface area contributed by atoms with E-state index in [0.29, 0.717) is 30.5 Å². The first kappa shape index (κ1) is 15.8. The topological polar surface area (TPSA) is 47.6 Å². The van der Waals surface area contributed by atoms with Gasteiger partial charge < -0.3 is 14.8 Å². The van der Waals surface area contributed by atoms with Gasteiger partial charge in [-0.1, -0.05) is 11.6 Å². The molecule has 106 valence electrons. The lowest BCUT2D eigenvalue weighted by Gasteiger charge is -2.09. The highest BCUT2D eigenvalue weighted by Crippen LogP contribution is 2.22. The highest BCUT2D eigenvalue weighted by atomic mass is 35.5. The van der Waals surface area contributed by atoms with E-state index in [-0.39, 0.29) is 12.3 Å². The lowest BCUT2D eigenvalue weighted by atomic mass is 10.1. The molecule has 0 aromatic heterocycles. The normalized spacial score (nSPS) is 10.3. The van der Waals surface area contributed by atoms with Gasteiger partial charge in [-0.3, -0.25) is 4.79 Å². The molecule has 5 heteroatoms. The second-order valence-electron chi connectivity index (χ2n) is 4.03. The van der Waals surface area contributed by atoms with Crippen LogP contribution in [0.25, 0.3) is 0 Å². The molecule has 1 aromatic carbocycles. The van der Waals surface area contributed by atoms with Gasteiger partial charge in [-0.05, 0) is 31.5 Å². The summed E-state index contributed by atoms with van der Waals surface area (Å²) in [5, 5.41) is 3.44. The van der Waals surface area contributed by atoms with Crippen LogP contribution in [-0.4, -0.2) is 32.8 Å². The second-order valence-corrected chi connectivity index (χ2v) is 4.47. The van der Waals surface area contributed by atoms with E-state index in [1.807, 2.05) is 6.92 Å². The third-order valence-electron chi connectivity index (χ3n) is 2.59. The van der Waals surface area contributed by atoms with E-state index >= 15 is 0 Å². The fourth-order valence-corrected chi connectivity index (χ4v) is 1.86. The first-order chi connectivity index (χ1) is 9.17. The molecule has 1 N–H and O–H groups in total. The quantitative estimate of drug-likeness (QED) is 0.746. The van der Waals surface area contributed by atoms with E-state index in [1.54, 1.807) is 25.3 Å². The molecule has 19 heavy (non-hydrogen) atoms. The van der Waals surface area contributed by atoms with Crippen molar-refractivity contribution in [2.24, 2.45) is 0 Å². The highest BCUT2D eigenvalue weighted by Gasteiger charge is 2.09. The zero-order valence-corrected chi connectivity index (χ0v) is 12.1. The Labute approximate surface area is 119 Å². The molecule has 1 amide bonds. The molecule has 0 aliphatic carbocycles. The van der Waals surface area contributed by atoms with Crippen molar-refractivity contribution in [3.8, 4) is 5.75 Å². The highest BCUT2D eigenvalue weighted by molar-refractivity contribution is 6.30. The van der Waals surface area contributed by atoms with Crippen LogP contribution in [0.4, 0.5) is 0 Å². The second kappa shape index (κ2) is 8.77. The summed E-state index contributed by atoms with van der Waals surface area (Å²) in [5.74, 6) is 0.630.